The minimum Gasteiger partial charge on any atom is -0.466 e. The van der Waals surface area contributed by atoms with Crippen LogP contribution in [0.25, 0.3) is 0 Å². The summed E-state index contributed by atoms with van der Waals surface area (Å²) in [6.07, 6.45) is 1.06. The van der Waals surface area contributed by atoms with Crippen LogP contribution < -0.4 is 0 Å². The quantitative estimate of drug-likeness (QED) is 0.480. The second-order valence-corrected chi connectivity index (χ2v) is 3.11. The zero-order valence-corrected chi connectivity index (χ0v) is 8.60. The van der Waals surface area contributed by atoms with E-state index in [0.717, 1.165) is 17.6 Å². The molecular formula is C10H18O2. The summed E-state index contributed by atoms with van der Waals surface area (Å²) >= 11 is 0. The molecule has 0 aliphatic rings. The summed E-state index contributed by atoms with van der Waals surface area (Å²) in [5.74, 6) is 0.247. The molecule has 0 N–H and O–H groups in total. The van der Waals surface area contributed by atoms with Crippen LogP contribution in [-0.4, -0.2) is 13.1 Å². The van der Waals surface area contributed by atoms with Crippen molar-refractivity contribution in [2.24, 2.45) is 5.92 Å². The van der Waals surface area contributed by atoms with Crippen molar-refractivity contribution in [3.63, 3.8) is 0 Å². The average Bonchev–Trinajstić information content (AvgIpc) is 2.12. The van der Waals surface area contributed by atoms with Crippen molar-refractivity contribution in [3.05, 3.63) is 11.1 Å². The molecule has 2 nitrogen and oxygen atoms in total. The molecule has 0 rings (SSSR count). The predicted octanol–water partition coefficient (Wildman–Crippen LogP) is 2.54. The van der Waals surface area contributed by atoms with E-state index in [1.807, 2.05) is 13.8 Å². The van der Waals surface area contributed by atoms with Gasteiger partial charge in [0.15, 0.2) is 0 Å². The molecule has 70 valence electrons. The van der Waals surface area contributed by atoms with Crippen molar-refractivity contribution >= 4 is 5.97 Å². The fourth-order valence-corrected chi connectivity index (χ4v) is 0.990. The zero-order chi connectivity index (χ0) is 9.72. The van der Waals surface area contributed by atoms with Gasteiger partial charge in [0.25, 0.3) is 0 Å². The lowest BCUT2D eigenvalue weighted by Crippen LogP contribution is -2.07. The molecule has 0 aromatic carbocycles. The largest absolute Gasteiger partial charge is 0.466 e. The van der Waals surface area contributed by atoms with Crippen LogP contribution in [0, 0.1) is 5.92 Å². The molecule has 0 aliphatic heterocycles. The van der Waals surface area contributed by atoms with Gasteiger partial charge in [0.05, 0.1) is 7.11 Å². The number of carbonyl (C=O) groups is 1. The van der Waals surface area contributed by atoms with Gasteiger partial charge in [-0.3, -0.25) is 0 Å². The Bertz CT molecular complexity index is 192. The van der Waals surface area contributed by atoms with E-state index in [0.29, 0.717) is 5.92 Å². The topological polar surface area (TPSA) is 26.3 Å². The highest BCUT2D eigenvalue weighted by atomic mass is 16.5. The molecule has 0 aromatic rings. The van der Waals surface area contributed by atoms with Crippen molar-refractivity contribution in [2.75, 3.05) is 7.11 Å². The van der Waals surface area contributed by atoms with E-state index in [-0.39, 0.29) is 5.97 Å². The number of allylic oxidation sites excluding steroid dienone is 1. The Kier molecular flexibility index (Phi) is 4.64. The second-order valence-electron chi connectivity index (χ2n) is 3.11. The maximum atomic E-state index is 11.1. The number of carbonyl (C=O) groups excluding carboxylic acids is 1. The second kappa shape index (κ2) is 4.96. The average molecular weight is 170 g/mol. The van der Waals surface area contributed by atoms with Gasteiger partial charge in [-0.2, -0.15) is 0 Å². The number of hydrogen-bond acceptors (Lipinski definition) is 2. The molecule has 0 aliphatic carbocycles. The Balaban J connectivity index is 4.56. The standard InChI is InChI=1S/C10H18O2/c1-6-7(2)8(3)9(4)10(11)12-5/h7H,6H2,1-5H3. The molecule has 0 radical (unpaired) electrons. The summed E-state index contributed by atoms with van der Waals surface area (Å²) in [6.45, 7) is 8.02. The lowest BCUT2D eigenvalue weighted by Gasteiger charge is -2.11. The highest BCUT2D eigenvalue weighted by Gasteiger charge is 2.11. The molecule has 2 heteroatoms. The number of ether oxygens (including phenoxy) is 1. The third-order valence-corrected chi connectivity index (χ3v) is 2.43. The van der Waals surface area contributed by atoms with E-state index in [9.17, 15) is 4.79 Å². The minimum atomic E-state index is -0.215. The van der Waals surface area contributed by atoms with Gasteiger partial charge in [-0.25, -0.2) is 4.79 Å². The molecule has 0 amide bonds. The first-order valence-electron chi connectivity index (χ1n) is 4.30. The van der Waals surface area contributed by atoms with Crippen LogP contribution in [0.2, 0.25) is 0 Å². The van der Waals surface area contributed by atoms with Gasteiger partial charge >= 0.3 is 5.97 Å². The first-order valence-corrected chi connectivity index (χ1v) is 4.30. The van der Waals surface area contributed by atoms with Crippen LogP contribution in [0.3, 0.4) is 0 Å². The van der Waals surface area contributed by atoms with E-state index in [4.69, 9.17) is 0 Å². The van der Waals surface area contributed by atoms with Gasteiger partial charge in [0.1, 0.15) is 0 Å². The lowest BCUT2D eigenvalue weighted by molar-refractivity contribution is -0.136. The number of methoxy groups -OCH3 is 1. The SMILES string of the molecule is CCC(C)C(C)=C(C)C(=O)OC. The highest BCUT2D eigenvalue weighted by Crippen LogP contribution is 2.17. The Morgan fingerprint density at radius 1 is 1.42 bits per heavy atom. The summed E-state index contributed by atoms with van der Waals surface area (Å²) in [6, 6.07) is 0. The third-order valence-electron chi connectivity index (χ3n) is 2.43. The normalized spacial score (nSPS) is 15.1. The Morgan fingerprint density at radius 2 is 1.92 bits per heavy atom. The Hall–Kier alpha value is -0.790. The van der Waals surface area contributed by atoms with E-state index >= 15 is 0 Å². The van der Waals surface area contributed by atoms with E-state index in [1.54, 1.807) is 0 Å². The van der Waals surface area contributed by atoms with Crippen LogP contribution >= 0.6 is 0 Å². The van der Waals surface area contributed by atoms with Gasteiger partial charge in [0.2, 0.25) is 0 Å². The minimum absolute atomic E-state index is 0.215. The lowest BCUT2D eigenvalue weighted by atomic mass is 9.96. The molecule has 0 saturated carbocycles. The van der Waals surface area contributed by atoms with Crippen molar-refractivity contribution < 1.29 is 9.53 Å². The van der Waals surface area contributed by atoms with Crippen molar-refractivity contribution in [1.29, 1.82) is 0 Å². The molecular weight excluding hydrogens is 152 g/mol. The fraction of sp³-hybridized carbons (Fsp3) is 0.700. The molecule has 1 atom stereocenters. The zero-order valence-electron chi connectivity index (χ0n) is 8.60. The van der Waals surface area contributed by atoms with Crippen LogP contribution in [0.1, 0.15) is 34.1 Å². The smallest absolute Gasteiger partial charge is 0.333 e. The molecule has 1 unspecified atom stereocenters. The number of esters is 1. The Morgan fingerprint density at radius 3 is 2.25 bits per heavy atom. The monoisotopic (exact) mass is 170 g/mol. The van der Waals surface area contributed by atoms with Crippen LogP contribution in [0.15, 0.2) is 11.1 Å². The van der Waals surface area contributed by atoms with Gasteiger partial charge in [-0.15, -0.1) is 0 Å². The highest BCUT2D eigenvalue weighted by molar-refractivity contribution is 5.88. The van der Waals surface area contributed by atoms with E-state index < -0.39 is 0 Å². The molecule has 0 spiro atoms. The van der Waals surface area contributed by atoms with Gasteiger partial charge in [0, 0.05) is 5.57 Å². The van der Waals surface area contributed by atoms with Crippen LogP contribution in [-0.2, 0) is 9.53 Å². The molecule has 0 saturated heterocycles. The fourth-order valence-electron chi connectivity index (χ4n) is 0.990. The predicted molar refractivity (Wildman–Crippen MR) is 49.8 cm³/mol. The first-order chi connectivity index (χ1) is 5.54. The molecule has 0 bridgehead atoms. The summed E-state index contributed by atoms with van der Waals surface area (Å²) < 4.78 is 4.63. The Labute approximate surface area is 74.6 Å². The van der Waals surface area contributed by atoms with Gasteiger partial charge in [-0.05, 0) is 26.2 Å². The summed E-state index contributed by atoms with van der Waals surface area (Å²) in [4.78, 5) is 11.1. The maximum Gasteiger partial charge on any atom is 0.333 e. The number of rotatable bonds is 3. The molecule has 12 heavy (non-hydrogen) atoms. The van der Waals surface area contributed by atoms with Crippen molar-refractivity contribution in [2.45, 2.75) is 34.1 Å². The number of hydrogen-bond donors (Lipinski definition) is 0. The molecule has 0 fully saturated rings. The molecule has 0 heterocycles. The van der Waals surface area contributed by atoms with E-state index in [1.165, 1.54) is 7.11 Å². The van der Waals surface area contributed by atoms with Gasteiger partial charge < -0.3 is 4.74 Å². The summed E-state index contributed by atoms with van der Waals surface area (Å²) in [5.41, 5.74) is 1.87. The van der Waals surface area contributed by atoms with Crippen molar-refractivity contribution in [3.8, 4) is 0 Å². The van der Waals surface area contributed by atoms with E-state index in [2.05, 4.69) is 18.6 Å². The van der Waals surface area contributed by atoms with Crippen LogP contribution in [0.5, 0.6) is 0 Å². The maximum absolute atomic E-state index is 11.1. The summed E-state index contributed by atoms with van der Waals surface area (Å²) in [7, 11) is 1.41. The third kappa shape index (κ3) is 2.68. The molecule has 0 aromatic heterocycles. The van der Waals surface area contributed by atoms with Crippen LogP contribution in [0.4, 0.5) is 0 Å². The first kappa shape index (κ1) is 11.2. The van der Waals surface area contributed by atoms with Gasteiger partial charge in [-0.1, -0.05) is 19.4 Å². The van der Waals surface area contributed by atoms with Crippen molar-refractivity contribution in [1.82, 2.24) is 0 Å². The summed E-state index contributed by atoms with van der Waals surface area (Å²) in [5, 5.41) is 0.